The zero-order valence-corrected chi connectivity index (χ0v) is 35.2. The van der Waals surface area contributed by atoms with Crippen LogP contribution in [0.3, 0.4) is 0 Å². The second kappa shape index (κ2) is 32.9. The van der Waals surface area contributed by atoms with E-state index in [9.17, 15) is 0 Å². The van der Waals surface area contributed by atoms with E-state index in [0.717, 1.165) is 42.1 Å². The van der Waals surface area contributed by atoms with Crippen molar-refractivity contribution in [3.05, 3.63) is 59.2 Å². The third kappa shape index (κ3) is 25.8. The van der Waals surface area contributed by atoms with Crippen molar-refractivity contribution in [1.29, 1.82) is 0 Å². The molecule has 2 nitrogen and oxygen atoms in total. The Hall–Kier alpha value is -1.73. The van der Waals surface area contributed by atoms with E-state index in [1.165, 1.54) is 184 Å². The van der Waals surface area contributed by atoms with Gasteiger partial charge >= 0.3 is 0 Å². The van der Waals surface area contributed by atoms with Gasteiger partial charge in [0.25, 0.3) is 0 Å². The molecule has 0 atom stereocenters. The van der Waals surface area contributed by atoms with Gasteiger partial charge in [0.1, 0.15) is 0 Å². The Kier molecular flexibility index (Phi) is 30.5. The molecule has 2 rings (SSSR count). The number of unbranched alkanes of at least 4 members (excludes halogenated alkanes) is 25. The molecule has 292 valence electrons. The summed E-state index contributed by atoms with van der Waals surface area (Å²) in [4.78, 5) is 10.0. The zero-order valence-electron chi connectivity index (χ0n) is 34.3. The first-order valence-corrected chi connectivity index (χ1v) is 21.8. The van der Waals surface area contributed by atoms with Gasteiger partial charge in [-0.1, -0.05) is 193 Å². The van der Waals surface area contributed by atoms with Crippen molar-refractivity contribution in [2.75, 3.05) is 0 Å². The van der Waals surface area contributed by atoms with E-state index in [2.05, 4.69) is 77.1 Å². The monoisotopic (exact) mass is 743 g/mol. The van der Waals surface area contributed by atoms with Crippen LogP contribution in [-0.4, -0.2) is 11.4 Å². The van der Waals surface area contributed by atoms with Crippen LogP contribution < -0.4 is 0 Å². The number of aliphatic imine (C=N–C) groups is 2. The van der Waals surface area contributed by atoms with Crippen LogP contribution >= 0.6 is 0 Å². The summed E-state index contributed by atoms with van der Waals surface area (Å²) >= 11 is 0. The first-order valence-electron chi connectivity index (χ1n) is 21.8. The molecule has 0 spiro atoms. The predicted molar refractivity (Wildman–Crippen MR) is 227 cm³/mol. The van der Waals surface area contributed by atoms with Crippen molar-refractivity contribution in [2.45, 2.75) is 221 Å². The maximum Gasteiger partial charge on any atom is 0.0638 e. The third-order valence-electron chi connectivity index (χ3n) is 10.5. The average Bonchev–Trinajstić information content (AvgIpc) is 3.10. The molecule has 0 saturated heterocycles. The second-order valence-corrected chi connectivity index (χ2v) is 15.6. The number of benzene rings is 2. The molecule has 0 bridgehead atoms. The molecule has 3 heteroatoms. The summed E-state index contributed by atoms with van der Waals surface area (Å²) in [5.74, 6) is 0. The minimum atomic E-state index is 0. The third-order valence-corrected chi connectivity index (χ3v) is 10.5. The van der Waals surface area contributed by atoms with E-state index in [1.807, 2.05) is 0 Å². The van der Waals surface area contributed by atoms with Gasteiger partial charge in [0.15, 0.2) is 0 Å². The number of rotatable bonds is 32. The molecular formula is C48H80N2Ni. The van der Waals surface area contributed by atoms with E-state index < -0.39 is 0 Å². The molecule has 0 aliphatic carbocycles. The minimum Gasteiger partial charge on any atom is -0.252 e. The Morgan fingerprint density at radius 1 is 0.431 bits per heavy atom. The molecule has 0 radical (unpaired) electrons. The molecule has 0 N–H and O–H groups in total. The summed E-state index contributed by atoms with van der Waals surface area (Å²) < 4.78 is 0. The Bertz CT molecular complexity index is 1130. The van der Waals surface area contributed by atoms with Gasteiger partial charge in [-0.05, 0) is 87.4 Å². The summed E-state index contributed by atoms with van der Waals surface area (Å²) in [6.07, 6.45) is 40.6. The molecule has 0 aromatic heterocycles. The summed E-state index contributed by atoms with van der Waals surface area (Å²) in [7, 11) is 0. The number of aryl methyl sites for hydroxylation is 3. The summed E-state index contributed by atoms with van der Waals surface area (Å²) in [5.41, 5.74) is 8.16. The molecule has 0 unspecified atom stereocenters. The topological polar surface area (TPSA) is 24.7 Å². The second-order valence-electron chi connectivity index (χ2n) is 15.6. The minimum absolute atomic E-state index is 0. The Morgan fingerprint density at radius 3 is 1.20 bits per heavy atom. The largest absolute Gasteiger partial charge is 0.252 e. The van der Waals surface area contributed by atoms with Gasteiger partial charge in [-0.3, -0.25) is 9.98 Å². The molecular weight excluding hydrogens is 663 g/mol. The Labute approximate surface area is 327 Å². The normalized spacial score (nSPS) is 12.0. The standard InChI is InChI=1S/C48H80N2.Ni/c1-6-8-10-11-12-13-14-15-16-17-18-19-20-21-22-23-24-25-26-27-28-29-30-31-32-33-45-35-37-46(38-36-45)50-48(34-9-7-2)44(5)49-47-40-42(3)39-43(4)41-47;/h35-41H,6-34H2,1-5H3;/b49-44+,50-48+;. The van der Waals surface area contributed by atoms with Crippen LogP contribution in [0.4, 0.5) is 11.4 Å². The van der Waals surface area contributed by atoms with Gasteiger partial charge in [0, 0.05) is 16.5 Å². The number of hydrogen-bond acceptors (Lipinski definition) is 2. The number of nitrogens with zero attached hydrogens (tertiary/aromatic N) is 2. The molecule has 0 fully saturated rings. The van der Waals surface area contributed by atoms with Crippen molar-refractivity contribution in [1.82, 2.24) is 0 Å². The van der Waals surface area contributed by atoms with E-state index in [1.54, 1.807) is 0 Å². The summed E-state index contributed by atoms with van der Waals surface area (Å²) in [6.45, 7) is 10.9. The van der Waals surface area contributed by atoms with Crippen molar-refractivity contribution >= 4 is 22.8 Å². The van der Waals surface area contributed by atoms with Gasteiger partial charge in [-0.2, -0.15) is 0 Å². The molecule has 51 heavy (non-hydrogen) atoms. The van der Waals surface area contributed by atoms with E-state index >= 15 is 0 Å². The fourth-order valence-corrected chi connectivity index (χ4v) is 7.30. The molecule has 0 amide bonds. The summed E-state index contributed by atoms with van der Waals surface area (Å²) in [5, 5.41) is 0. The Balaban J connectivity index is 0.0000130. The van der Waals surface area contributed by atoms with Crippen LogP contribution in [0, 0.1) is 13.8 Å². The van der Waals surface area contributed by atoms with Crippen LogP contribution in [-0.2, 0) is 22.9 Å². The zero-order chi connectivity index (χ0) is 35.9. The first-order chi connectivity index (χ1) is 24.5. The van der Waals surface area contributed by atoms with Gasteiger partial charge < -0.3 is 0 Å². The Morgan fingerprint density at radius 2 is 0.804 bits per heavy atom. The molecule has 2 aromatic carbocycles. The van der Waals surface area contributed by atoms with Crippen LogP contribution in [0.1, 0.15) is 217 Å². The molecule has 2 aromatic rings. The van der Waals surface area contributed by atoms with Gasteiger partial charge in [-0.25, -0.2) is 0 Å². The van der Waals surface area contributed by atoms with Crippen LogP contribution in [0.15, 0.2) is 52.4 Å². The van der Waals surface area contributed by atoms with Crippen molar-refractivity contribution < 1.29 is 16.5 Å². The van der Waals surface area contributed by atoms with Crippen molar-refractivity contribution in [3.8, 4) is 0 Å². The molecule has 0 aliphatic rings. The van der Waals surface area contributed by atoms with Crippen LogP contribution in [0.25, 0.3) is 0 Å². The maximum atomic E-state index is 5.06. The smallest absolute Gasteiger partial charge is 0.0638 e. The molecule has 0 aliphatic heterocycles. The van der Waals surface area contributed by atoms with Crippen LogP contribution in [0.2, 0.25) is 0 Å². The fraction of sp³-hybridized carbons (Fsp3) is 0.708. The number of hydrogen-bond donors (Lipinski definition) is 0. The fourth-order valence-electron chi connectivity index (χ4n) is 7.30. The first kappa shape index (κ1) is 47.3. The SMILES string of the molecule is CCCCCCCCCCCCCCCCCCCCCCCCCCCc1ccc(/N=C(CCCC)/C(C)=N/c2cc(C)cc(C)c2)cc1.[Ni]. The summed E-state index contributed by atoms with van der Waals surface area (Å²) in [6, 6.07) is 15.5. The van der Waals surface area contributed by atoms with Gasteiger partial charge in [0.2, 0.25) is 0 Å². The van der Waals surface area contributed by atoms with Gasteiger partial charge in [0.05, 0.1) is 22.8 Å². The molecule has 0 heterocycles. The van der Waals surface area contributed by atoms with E-state index in [-0.39, 0.29) is 16.5 Å². The van der Waals surface area contributed by atoms with Gasteiger partial charge in [-0.15, -0.1) is 0 Å². The van der Waals surface area contributed by atoms with Crippen LogP contribution in [0.5, 0.6) is 0 Å². The van der Waals surface area contributed by atoms with E-state index in [4.69, 9.17) is 9.98 Å². The van der Waals surface area contributed by atoms with Crippen molar-refractivity contribution in [2.24, 2.45) is 9.98 Å². The average molecular weight is 744 g/mol. The van der Waals surface area contributed by atoms with Crippen molar-refractivity contribution in [3.63, 3.8) is 0 Å². The quantitative estimate of drug-likeness (QED) is 0.0405. The molecule has 0 saturated carbocycles. The maximum absolute atomic E-state index is 5.06. The predicted octanol–water partition coefficient (Wildman–Crippen LogP) is 16.7. The van der Waals surface area contributed by atoms with E-state index in [0.29, 0.717) is 0 Å².